The van der Waals surface area contributed by atoms with Gasteiger partial charge >= 0.3 is 0 Å². The van der Waals surface area contributed by atoms with Gasteiger partial charge in [-0.25, -0.2) is 0 Å². The summed E-state index contributed by atoms with van der Waals surface area (Å²) in [5, 5.41) is 11.4. The lowest BCUT2D eigenvalue weighted by Gasteiger charge is -2.23. The van der Waals surface area contributed by atoms with Gasteiger partial charge in [0.1, 0.15) is 13.2 Å². The van der Waals surface area contributed by atoms with Crippen molar-refractivity contribution in [2.45, 2.75) is 32.1 Å². The van der Waals surface area contributed by atoms with E-state index in [0.717, 1.165) is 39.5 Å². The summed E-state index contributed by atoms with van der Waals surface area (Å²) in [6.07, 6.45) is 0. The Morgan fingerprint density at radius 2 is 2.03 bits per heavy atom. The van der Waals surface area contributed by atoms with Crippen LogP contribution in [-0.2, 0) is 17.9 Å². The van der Waals surface area contributed by atoms with Crippen molar-refractivity contribution in [1.29, 1.82) is 0 Å². The molecule has 0 radical (unpaired) electrons. The first-order valence-electron chi connectivity index (χ1n) is 9.95. The van der Waals surface area contributed by atoms with Crippen molar-refractivity contribution in [2.24, 2.45) is 0 Å². The van der Waals surface area contributed by atoms with Crippen LogP contribution in [0.3, 0.4) is 0 Å². The van der Waals surface area contributed by atoms with E-state index in [-0.39, 0.29) is 5.91 Å². The van der Waals surface area contributed by atoms with Crippen molar-refractivity contribution in [2.75, 3.05) is 25.5 Å². The summed E-state index contributed by atoms with van der Waals surface area (Å²) in [5.41, 5.74) is 1.02. The van der Waals surface area contributed by atoms with Gasteiger partial charge in [-0.1, -0.05) is 23.9 Å². The minimum Gasteiger partial charge on any atom is -0.486 e. The van der Waals surface area contributed by atoms with Gasteiger partial charge in [-0.3, -0.25) is 4.79 Å². The van der Waals surface area contributed by atoms with Crippen molar-refractivity contribution in [3.05, 3.63) is 41.3 Å². The van der Waals surface area contributed by atoms with Crippen molar-refractivity contribution in [1.82, 2.24) is 19.7 Å². The quantitative estimate of drug-likeness (QED) is 0.490. The van der Waals surface area contributed by atoms with Gasteiger partial charge in [-0.15, -0.1) is 21.5 Å². The number of thioether (sulfide) groups is 1. The molecule has 9 heteroatoms. The monoisotopic (exact) mass is 444 g/mol. The van der Waals surface area contributed by atoms with Gasteiger partial charge < -0.3 is 18.9 Å². The summed E-state index contributed by atoms with van der Waals surface area (Å²) < 4.78 is 13.3. The van der Waals surface area contributed by atoms with E-state index in [0.29, 0.717) is 32.1 Å². The third kappa shape index (κ3) is 4.46. The summed E-state index contributed by atoms with van der Waals surface area (Å²) in [4.78, 5) is 15.8. The Hall–Kier alpha value is -2.52. The van der Waals surface area contributed by atoms with Crippen molar-refractivity contribution in [3.63, 3.8) is 0 Å². The molecule has 0 fully saturated rings. The van der Waals surface area contributed by atoms with Crippen LogP contribution in [0.5, 0.6) is 11.5 Å². The van der Waals surface area contributed by atoms with Crippen LogP contribution < -0.4 is 9.47 Å². The standard InChI is InChI=1S/C21H24N4O3S2/c1-3-24(13-15-7-8-16-17(12-15)28-10-9-27-16)19(26)14-30-21-23-22-20(25(21)4-2)18-6-5-11-29-18/h5-8,11-12H,3-4,9-10,13-14H2,1-2H3. The van der Waals surface area contributed by atoms with Gasteiger partial charge in [0.2, 0.25) is 5.91 Å². The summed E-state index contributed by atoms with van der Waals surface area (Å²) in [6, 6.07) is 9.89. The smallest absolute Gasteiger partial charge is 0.233 e. The molecule has 1 aliphatic rings. The molecule has 4 rings (SSSR count). The van der Waals surface area contributed by atoms with E-state index < -0.39 is 0 Å². The number of carbonyl (C=O) groups is 1. The second-order valence-corrected chi connectivity index (χ2v) is 8.59. The predicted octanol–water partition coefficient (Wildman–Crippen LogP) is 3.94. The molecule has 1 amide bonds. The molecule has 1 aliphatic heterocycles. The Labute approximate surface area is 184 Å². The van der Waals surface area contributed by atoms with E-state index in [2.05, 4.69) is 21.7 Å². The van der Waals surface area contributed by atoms with E-state index in [4.69, 9.17) is 9.47 Å². The first-order valence-corrected chi connectivity index (χ1v) is 11.8. The highest BCUT2D eigenvalue weighted by Crippen LogP contribution is 2.31. The Kier molecular flexibility index (Phi) is 6.59. The molecular weight excluding hydrogens is 420 g/mol. The zero-order chi connectivity index (χ0) is 20.9. The number of benzene rings is 1. The fraction of sp³-hybridized carbons (Fsp3) is 0.381. The average Bonchev–Trinajstić information content (AvgIpc) is 3.45. The van der Waals surface area contributed by atoms with Crippen molar-refractivity contribution < 1.29 is 14.3 Å². The number of fused-ring (bicyclic) bond motifs is 1. The molecule has 3 aromatic rings. The highest BCUT2D eigenvalue weighted by Gasteiger charge is 2.19. The largest absolute Gasteiger partial charge is 0.486 e. The Morgan fingerprint density at radius 3 is 2.77 bits per heavy atom. The molecular formula is C21H24N4O3S2. The lowest BCUT2D eigenvalue weighted by molar-refractivity contribution is -0.128. The molecule has 0 saturated carbocycles. The molecule has 0 aliphatic carbocycles. The predicted molar refractivity (Wildman–Crippen MR) is 118 cm³/mol. The van der Waals surface area contributed by atoms with Gasteiger partial charge in [0.15, 0.2) is 22.5 Å². The van der Waals surface area contributed by atoms with Crippen LogP contribution in [0.15, 0.2) is 40.9 Å². The fourth-order valence-electron chi connectivity index (χ4n) is 3.27. The molecule has 1 aromatic carbocycles. The number of thiophene rings is 1. The lowest BCUT2D eigenvalue weighted by Crippen LogP contribution is -2.31. The zero-order valence-corrected chi connectivity index (χ0v) is 18.7. The van der Waals surface area contributed by atoms with E-state index in [1.807, 2.05) is 47.5 Å². The number of amides is 1. The van der Waals surface area contributed by atoms with Gasteiger partial charge in [-0.2, -0.15) is 0 Å². The topological polar surface area (TPSA) is 69.5 Å². The SMILES string of the molecule is CCN(Cc1ccc2c(c1)OCCO2)C(=O)CSc1nnc(-c2cccs2)n1CC. The van der Waals surface area contributed by atoms with Gasteiger partial charge in [0, 0.05) is 19.6 Å². The summed E-state index contributed by atoms with van der Waals surface area (Å²) in [5.74, 6) is 2.75. The maximum absolute atomic E-state index is 12.9. The Bertz CT molecular complexity index is 1000. The van der Waals surface area contributed by atoms with Crippen LogP contribution in [0.4, 0.5) is 0 Å². The number of aromatic nitrogens is 3. The fourth-order valence-corrected chi connectivity index (χ4v) is 4.89. The highest BCUT2D eigenvalue weighted by molar-refractivity contribution is 7.99. The minimum atomic E-state index is 0.0701. The van der Waals surface area contributed by atoms with Crippen LogP contribution in [-0.4, -0.2) is 51.1 Å². The number of rotatable bonds is 8. The van der Waals surface area contributed by atoms with Crippen LogP contribution in [0.25, 0.3) is 10.7 Å². The molecule has 3 heterocycles. The molecule has 158 valence electrons. The molecule has 30 heavy (non-hydrogen) atoms. The Balaban J connectivity index is 1.40. The second-order valence-electron chi connectivity index (χ2n) is 6.70. The normalized spacial score (nSPS) is 12.7. The number of ether oxygens (including phenoxy) is 2. The maximum atomic E-state index is 12.9. The average molecular weight is 445 g/mol. The molecule has 0 spiro atoms. The highest BCUT2D eigenvalue weighted by atomic mass is 32.2. The zero-order valence-electron chi connectivity index (χ0n) is 17.0. The molecule has 0 N–H and O–H groups in total. The number of hydrogen-bond donors (Lipinski definition) is 0. The molecule has 7 nitrogen and oxygen atoms in total. The molecule has 0 bridgehead atoms. The molecule has 0 unspecified atom stereocenters. The van der Waals surface area contributed by atoms with E-state index in [1.54, 1.807) is 11.3 Å². The van der Waals surface area contributed by atoms with Gasteiger partial charge in [-0.05, 0) is 43.0 Å². The number of hydrogen-bond acceptors (Lipinski definition) is 7. The summed E-state index contributed by atoms with van der Waals surface area (Å²) in [7, 11) is 0. The lowest BCUT2D eigenvalue weighted by atomic mass is 10.2. The summed E-state index contributed by atoms with van der Waals surface area (Å²) in [6.45, 7) is 7.10. The van der Waals surface area contributed by atoms with E-state index in [9.17, 15) is 4.79 Å². The first-order chi connectivity index (χ1) is 14.7. The van der Waals surface area contributed by atoms with Crippen LogP contribution in [0.1, 0.15) is 19.4 Å². The van der Waals surface area contributed by atoms with Crippen LogP contribution >= 0.6 is 23.1 Å². The third-order valence-electron chi connectivity index (χ3n) is 4.81. The molecule has 2 aromatic heterocycles. The van der Waals surface area contributed by atoms with Gasteiger partial charge in [0.05, 0.1) is 10.6 Å². The van der Waals surface area contributed by atoms with E-state index in [1.165, 1.54) is 11.8 Å². The maximum Gasteiger partial charge on any atom is 0.233 e. The summed E-state index contributed by atoms with van der Waals surface area (Å²) >= 11 is 3.07. The van der Waals surface area contributed by atoms with Crippen LogP contribution in [0, 0.1) is 0 Å². The number of nitrogens with zero attached hydrogens (tertiary/aromatic N) is 4. The van der Waals surface area contributed by atoms with E-state index >= 15 is 0 Å². The molecule has 0 saturated heterocycles. The second kappa shape index (κ2) is 9.53. The number of carbonyl (C=O) groups excluding carboxylic acids is 1. The van der Waals surface area contributed by atoms with Crippen molar-refractivity contribution >= 4 is 29.0 Å². The minimum absolute atomic E-state index is 0.0701. The van der Waals surface area contributed by atoms with Crippen LogP contribution in [0.2, 0.25) is 0 Å². The Morgan fingerprint density at radius 1 is 1.20 bits per heavy atom. The first kappa shape index (κ1) is 20.7. The van der Waals surface area contributed by atoms with Gasteiger partial charge in [0.25, 0.3) is 0 Å². The molecule has 0 atom stereocenters. The van der Waals surface area contributed by atoms with Crippen molar-refractivity contribution in [3.8, 4) is 22.2 Å². The third-order valence-corrected chi connectivity index (χ3v) is 6.63.